The van der Waals surface area contributed by atoms with Gasteiger partial charge in [0.25, 0.3) is 0 Å². The molecule has 3 nitrogen and oxygen atoms in total. The summed E-state index contributed by atoms with van der Waals surface area (Å²) in [6.45, 7) is 9.29. The molecule has 0 unspecified atom stereocenters. The van der Waals surface area contributed by atoms with E-state index in [0.717, 1.165) is 11.3 Å². The monoisotopic (exact) mass is 249 g/mol. The largest absolute Gasteiger partial charge is 0.487 e. The van der Waals surface area contributed by atoms with E-state index in [0.29, 0.717) is 18.9 Å². The van der Waals surface area contributed by atoms with Crippen molar-refractivity contribution in [3.63, 3.8) is 0 Å². The third kappa shape index (κ3) is 5.73. The van der Waals surface area contributed by atoms with Crippen LogP contribution in [0, 0.1) is 0 Å². The number of nitrogen functional groups attached to an aromatic ring is 1. The molecule has 0 atom stereocenters. The number of ether oxygens (including phenoxy) is 2. The van der Waals surface area contributed by atoms with E-state index in [1.165, 1.54) is 0 Å². The first-order chi connectivity index (χ1) is 8.38. The maximum absolute atomic E-state index is 5.78. The summed E-state index contributed by atoms with van der Waals surface area (Å²) in [7, 11) is 0. The Morgan fingerprint density at radius 3 is 2.56 bits per heavy atom. The van der Waals surface area contributed by atoms with E-state index in [1.54, 1.807) is 0 Å². The molecule has 0 aliphatic rings. The second-order valence-electron chi connectivity index (χ2n) is 5.30. The van der Waals surface area contributed by atoms with Gasteiger partial charge in [-0.25, -0.2) is 0 Å². The predicted molar refractivity (Wildman–Crippen MR) is 75.8 cm³/mol. The number of benzene rings is 1. The molecule has 3 heteroatoms. The Labute approximate surface area is 110 Å². The zero-order chi connectivity index (χ0) is 13.6. The van der Waals surface area contributed by atoms with Crippen molar-refractivity contribution in [2.24, 2.45) is 0 Å². The van der Waals surface area contributed by atoms with E-state index < -0.39 is 0 Å². The van der Waals surface area contributed by atoms with Crippen LogP contribution in [0.2, 0.25) is 0 Å². The van der Waals surface area contributed by atoms with Crippen LogP contribution in [0.3, 0.4) is 0 Å². The number of nitrogens with two attached hydrogens (primary N) is 1. The van der Waals surface area contributed by atoms with Crippen LogP contribution in [0.4, 0.5) is 5.69 Å². The van der Waals surface area contributed by atoms with Crippen LogP contribution in [0.1, 0.15) is 27.7 Å². The Morgan fingerprint density at radius 2 is 1.94 bits per heavy atom. The molecule has 0 aromatic heterocycles. The van der Waals surface area contributed by atoms with Crippen molar-refractivity contribution in [2.45, 2.75) is 33.3 Å². The molecule has 0 amide bonds. The molecule has 0 aliphatic carbocycles. The fraction of sp³-hybridized carbons (Fsp3) is 0.467. The molecule has 0 radical (unpaired) electrons. The number of hydrogen-bond acceptors (Lipinski definition) is 3. The topological polar surface area (TPSA) is 44.5 Å². The molecular weight excluding hydrogens is 226 g/mol. The Bertz CT molecular complexity index is 405. The van der Waals surface area contributed by atoms with Gasteiger partial charge in [-0.15, -0.1) is 0 Å². The second-order valence-corrected chi connectivity index (χ2v) is 5.30. The third-order valence-corrected chi connectivity index (χ3v) is 2.32. The molecule has 100 valence electrons. The van der Waals surface area contributed by atoms with Crippen LogP contribution in [0.15, 0.2) is 35.9 Å². The van der Waals surface area contributed by atoms with Gasteiger partial charge in [0.15, 0.2) is 0 Å². The average Bonchev–Trinajstić information content (AvgIpc) is 2.28. The van der Waals surface area contributed by atoms with Crippen molar-refractivity contribution in [3.05, 3.63) is 35.9 Å². The molecule has 0 fully saturated rings. The van der Waals surface area contributed by atoms with Gasteiger partial charge in [-0.05, 0) is 51.5 Å². The average molecular weight is 249 g/mol. The van der Waals surface area contributed by atoms with Crippen LogP contribution in [-0.2, 0) is 4.74 Å². The Morgan fingerprint density at radius 1 is 1.28 bits per heavy atom. The highest BCUT2D eigenvalue weighted by molar-refractivity contribution is 5.51. The molecule has 0 spiro atoms. The molecule has 0 heterocycles. The van der Waals surface area contributed by atoms with Crippen molar-refractivity contribution in [3.8, 4) is 5.75 Å². The van der Waals surface area contributed by atoms with Crippen LogP contribution in [-0.4, -0.2) is 18.8 Å². The van der Waals surface area contributed by atoms with E-state index in [1.807, 2.05) is 58.0 Å². The Kier molecular flexibility index (Phi) is 5.23. The minimum atomic E-state index is -0.111. The SMILES string of the molecule is C/C(=C\COc1ccccc1N)COC(C)(C)C. The molecule has 1 aromatic rings. The van der Waals surface area contributed by atoms with Crippen molar-refractivity contribution in [1.82, 2.24) is 0 Å². The van der Waals surface area contributed by atoms with E-state index in [4.69, 9.17) is 15.2 Å². The van der Waals surface area contributed by atoms with E-state index in [2.05, 4.69) is 0 Å². The lowest BCUT2D eigenvalue weighted by atomic mass is 10.2. The number of hydrogen-bond donors (Lipinski definition) is 1. The zero-order valence-corrected chi connectivity index (χ0v) is 11.7. The lowest BCUT2D eigenvalue weighted by Gasteiger charge is -2.19. The van der Waals surface area contributed by atoms with Gasteiger partial charge in [0.2, 0.25) is 0 Å². The van der Waals surface area contributed by atoms with Crippen LogP contribution < -0.4 is 10.5 Å². The standard InChI is InChI=1S/C15H23NO2/c1-12(11-18-15(2,3)4)9-10-17-14-8-6-5-7-13(14)16/h5-9H,10-11,16H2,1-4H3/b12-9+. The fourth-order valence-electron chi connectivity index (χ4n) is 1.27. The highest BCUT2D eigenvalue weighted by Gasteiger charge is 2.09. The summed E-state index contributed by atoms with van der Waals surface area (Å²) in [6.07, 6.45) is 2.01. The molecule has 0 saturated carbocycles. The first kappa shape index (κ1) is 14.6. The molecule has 0 saturated heterocycles. The summed E-state index contributed by atoms with van der Waals surface area (Å²) in [5, 5.41) is 0. The summed E-state index contributed by atoms with van der Waals surface area (Å²) < 4.78 is 11.3. The molecule has 1 rings (SSSR count). The predicted octanol–water partition coefficient (Wildman–Crippen LogP) is 3.41. The maximum Gasteiger partial charge on any atom is 0.142 e. The highest BCUT2D eigenvalue weighted by Crippen LogP contribution is 2.19. The van der Waals surface area contributed by atoms with Gasteiger partial charge in [-0.3, -0.25) is 0 Å². The molecular formula is C15H23NO2. The van der Waals surface area contributed by atoms with Gasteiger partial charge in [-0.1, -0.05) is 12.1 Å². The van der Waals surface area contributed by atoms with Crippen LogP contribution in [0.5, 0.6) is 5.75 Å². The van der Waals surface area contributed by atoms with Gasteiger partial charge in [0, 0.05) is 0 Å². The summed E-state index contributed by atoms with van der Waals surface area (Å²) in [4.78, 5) is 0. The summed E-state index contributed by atoms with van der Waals surface area (Å²) in [5.74, 6) is 0.721. The van der Waals surface area contributed by atoms with Gasteiger partial charge in [-0.2, -0.15) is 0 Å². The lowest BCUT2D eigenvalue weighted by Crippen LogP contribution is -2.20. The second kappa shape index (κ2) is 6.45. The molecule has 0 aliphatic heterocycles. The van der Waals surface area contributed by atoms with E-state index in [-0.39, 0.29) is 5.60 Å². The van der Waals surface area contributed by atoms with Crippen molar-refractivity contribution < 1.29 is 9.47 Å². The first-order valence-corrected chi connectivity index (χ1v) is 6.15. The Balaban J connectivity index is 2.38. The fourth-order valence-corrected chi connectivity index (χ4v) is 1.27. The van der Waals surface area contributed by atoms with Crippen molar-refractivity contribution in [2.75, 3.05) is 18.9 Å². The number of para-hydroxylation sites is 2. The highest BCUT2D eigenvalue weighted by atomic mass is 16.5. The number of anilines is 1. The van der Waals surface area contributed by atoms with Gasteiger partial charge < -0.3 is 15.2 Å². The molecule has 0 bridgehead atoms. The minimum Gasteiger partial charge on any atom is -0.487 e. The van der Waals surface area contributed by atoms with Gasteiger partial charge in [0.1, 0.15) is 12.4 Å². The number of rotatable bonds is 5. The van der Waals surface area contributed by atoms with Crippen LogP contribution in [0.25, 0.3) is 0 Å². The molecule has 2 N–H and O–H groups in total. The maximum atomic E-state index is 5.78. The van der Waals surface area contributed by atoms with Crippen molar-refractivity contribution in [1.29, 1.82) is 0 Å². The first-order valence-electron chi connectivity index (χ1n) is 6.15. The smallest absolute Gasteiger partial charge is 0.142 e. The van der Waals surface area contributed by atoms with Crippen molar-refractivity contribution >= 4 is 5.69 Å². The van der Waals surface area contributed by atoms with Gasteiger partial charge in [0.05, 0.1) is 17.9 Å². The van der Waals surface area contributed by atoms with Gasteiger partial charge >= 0.3 is 0 Å². The molecule has 1 aromatic carbocycles. The minimum absolute atomic E-state index is 0.111. The van der Waals surface area contributed by atoms with E-state index in [9.17, 15) is 0 Å². The normalized spacial score (nSPS) is 12.6. The van der Waals surface area contributed by atoms with E-state index >= 15 is 0 Å². The zero-order valence-electron chi connectivity index (χ0n) is 11.7. The lowest BCUT2D eigenvalue weighted by molar-refractivity contribution is 0.0110. The Hall–Kier alpha value is -1.48. The summed E-state index contributed by atoms with van der Waals surface area (Å²) in [6, 6.07) is 7.49. The summed E-state index contributed by atoms with van der Waals surface area (Å²) >= 11 is 0. The van der Waals surface area contributed by atoms with Crippen LogP contribution >= 0.6 is 0 Å². The third-order valence-electron chi connectivity index (χ3n) is 2.32. The summed E-state index contributed by atoms with van der Waals surface area (Å²) in [5.41, 5.74) is 7.49. The quantitative estimate of drug-likeness (QED) is 0.642. The molecule has 18 heavy (non-hydrogen) atoms.